The van der Waals surface area contributed by atoms with Crippen molar-refractivity contribution in [2.75, 3.05) is 31.6 Å². The molecule has 3 aromatic heterocycles. The van der Waals surface area contributed by atoms with Crippen LogP contribution in [-0.2, 0) is 13.6 Å². The van der Waals surface area contributed by atoms with Crippen LogP contribution in [0.4, 0.5) is 5.82 Å². The van der Waals surface area contributed by atoms with Gasteiger partial charge in [0, 0.05) is 86.9 Å². The Hall–Kier alpha value is -4.82. The normalized spacial score (nSPS) is 18.8. The van der Waals surface area contributed by atoms with Crippen molar-refractivity contribution in [3.8, 4) is 11.9 Å². The molecular formula is C29H32N10O. The largest absolute Gasteiger partial charge is 0.481 e. The predicted octanol–water partition coefficient (Wildman–Crippen LogP) is 3.17. The zero-order valence-corrected chi connectivity index (χ0v) is 22.9. The SMILES string of the molecule is CCC1CN(c2cnc(C3=CC(c4cnn(C)c4)=CN/C3=C(/C#N)C=N)cn2)CCN1Cc1ccc(OC)nc1. The van der Waals surface area contributed by atoms with Gasteiger partial charge in [0.25, 0.3) is 0 Å². The molecule has 0 bridgehead atoms. The molecule has 0 saturated carbocycles. The molecular weight excluding hydrogens is 504 g/mol. The van der Waals surface area contributed by atoms with Crippen molar-refractivity contribution < 1.29 is 4.74 Å². The number of piperazine rings is 1. The molecule has 0 aliphatic carbocycles. The number of hydrogen-bond acceptors (Lipinski definition) is 10. The Morgan fingerprint density at radius 1 is 1.20 bits per heavy atom. The maximum absolute atomic E-state index is 9.61. The van der Waals surface area contributed by atoms with E-state index < -0.39 is 0 Å². The number of hydrogen-bond donors (Lipinski definition) is 2. The van der Waals surface area contributed by atoms with Gasteiger partial charge in [0.1, 0.15) is 11.9 Å². The first kappa shape index (κ1) is 26.8. The Kier molecular flexibility index (Phi) is 7.98. The number of nitrogens with zero attached hydrogens (tertiary/aromatic N) is 8. The summed E-state index contributed by atoms with van der Waals surface area (Å²) < 4.78 is 6.92. The van der Waals surface area contributed by atoms with E-state index in [1.807, 2.05) is 37.8 Å². The van der Waals surface area contributed by atoms with Gasteiger partial charge in [-0.05, 0) is 18.1 Å². The van der Waals surface area contributed by atoms with E-state index in [4.69, 9.17) is 20.1 Å². The molecule has 3 aromatic rings. The molecule has 0 amide bonds. The van der Waals surface area contributed by atoms with Crippen molar-refractivity contribution in [3.63, 3.8) is 0 Å². The number of pyridine rings is 1. The minimum absolute atomic E-state index is 0.215. The summed E-state index contributed by atoms with van der Waals surface area (Å²) in [4.78, 5) is 18.6. The zero-order chi connectivity index (χ0) is 28.1. The molecule has 204 valence electrons. The summed E-state index contributed by atoms with van der Waals surface area (Å²) in [6.45, 7) is 5.64. The van der Waals surface area contributed by atoms with Crippen LogP contribution in [-0.4, -0.2) is 68.6 Å². The highest BCUT2D eigenvalue weighted by atomic mass is 16.5. The number of nitriles is 1. The number of nitrogens with one attached hydrogen (secondary N) is 2. The summed E-state index contributed by atoms with van der Waals surface area (Å²) in [7, 11) is 3.49. The van der Waals surface area contributed by atoms with Crippen molar-refractivity contribution in [3.05, 3.63) is 83.5 Å². The van der Waals surface area contributed by atoms with Gasteiger partial charge in [-0.15, -0.1) is 0 Å². The average Bonchev–Trinajstić information content (AvgIpc) is 3.44. The molecule has 2 aliphatic rings. The number of rotatable bonds is 8. The summed E-state index contributed by atoms with van der Waals surface area (Å²) in [6.07, 6.45) is 14.9. The molecule has 0 aromatic carbocycles. The Labute approximate surface area is 233 Å². The van der Waals surface area contributed by atoms with Gasteiger partial charge in [0.05, 0.1) is 42.7 Å². The third-order valence-corrected chi connectivity index (χ3v) is 7.22. The second-order valence-corrected chi connectivity index (χ2v) is 9.70. The van der Waals surface area contributed by atoms with Gasteiger partial charge in [-0.2, -0.15) is 10.4 Å². The topological polar surface area (TPSA) is 132 Å². The van der Waals surface area contributed by atoms with Gasteiger partial charge < -0.3 is 20.4 Å². The van der Waals surface area contributed by atoms with Crippen molar-refractivity contribution in [1.82, 2.24) is 34.9 Å². The Balaban J connectivity index is 1.34. The van der Waals surface area contributed by atoms with Crippen LogP contribution in [0.5, 0.6) is 5.88 Å². The Bertz CT molecular complexity index is 1490. The maximum Gasteiger partial charge on any atom is 0.212 e. The van der Waals surface area contributed by atoms with Crippen molar-refractivity contribution >= 4 is 23.2 Å². The smallest absolute Gasteiger partial charge is 0.212 e. The van der Waals surface area contributed by atoms with E-state index in [0.29, 0.717) is 28.9 Å². The number of methoxy groups -OCH3 is 1. The van der Waals surface area contributed by atoms with E-state index in [0.717, 1.165) is 61.3 Å². The van der Waals surface area contributed by atoms with Crippen LogP contribution in [0.1, 0.15) is 30.2 Å². The lowest BCUT2D eigenvalue weighted by Crippen LogP contribution is -2.52. The molecule has 1 fully saturated rings. The van der Waals surface area contributed by atoms with Crippen molar-refractivity contribution in [1.29, 1.82) is 10.7 Å². The molecule has 11 heteroatoms. The molecule has 2 N–H and O–H groups in total. The molecule has 0 spiro atoms. The predicted molar refractivity (Wildman–Crippen MR) is 153 cm³/mol. The summed E-state index contributed by atoms with van der Waals surface area (Å²) >= 11 is 0. The van der Waals surface area contributed by atoms with Gasteiger partial charge >= 0.3 is 0 Å². The van der Waals surface area contributed by atoms with E-state index in [-0.39, 0.29) is 5.57 Å². The van der Waals surface area contributed by atoms with Crippen LogP contribution in [0.2, 0.25) is 0 Å². The highest BCUT2D eigenvalue weighted by Crippen LogP contribution is 2.31. The van der Waals surface area contributed by atoms with Crippen molar-refractivity contribution in [2.45, 2.75) is 25.9 Å². The van der Waals surface area contributed by atoms with Crippen LogP contribution < -0.4 is 15.0 Å². The van der Waals surface area contributed by atoms with Gasteiger partial charge in [0.15, 0.2) is 0 Å². The van der Waals surface area contributed by atoms with Crippen LogP contribution in [0.15, 0.2) is 66.7 Å². The lowest BCUT2D eigenvalue weighted by molar-refractivity contribution is 0.163. The summed E-state index contributed by atoms with van der Waals surface area (Å²) in [6, 6.07) is 6.44. The fourth-order valence-corrected chi connectivity index (χ4v) is 5.00. The molecule has 5 heterocycles. The van der Waals surface area contributed by atoms with E-state index >= 15 is 0 Å². The molecule has 5 rings (SSSR count). The van der Waals surface area contributed by atoms with Gasteiger partial charge in [-0.1, -0.05) is 13.0 Å². The lowest BCUT2D eigenvalue weighted by Gasteiger charge is -2.41. The second-order valence-electron chi connectivity index (χ2n) is 9.70. The van der Waals surface area contributed by atoms with Gasteiger partial charge in [0.2, 0.25) is 5.88 Å². The standard InChI is InChI=1S/C29H32N10O/c1-4-24-19-39(8-7-38(24)17-20-5-6-28(40-3)34-12-20)27-16-32-26(15-33-27)25-9-21(23-14-36-37(2)18-23)13-35-29(25)22(10-30)11-31/h5-6,9-10,12-16,18,24,30,35H,4,7-8,17,19H2,1-3H3/b29-22+,30-10?. The molecule has 0 radical (unpaired) electrons. The highest BCUT2D eigenvalue weighted by molar-refractivity contribution is 5.97. The lowest BCUT2D eigenvalue weighted by atomic mass is 9.97. The minimum Gasteiger partial charge on any atom is -0.481 e. The van der Waals surface area contributed by atoms with Crippen LogP contribution >= 0.6 is 0 Å². The zero-order valence-electron chi connectivity index (χ0n) is 22.9. The van der Waals surface area contributed by atoms with E-state index in [9.17, 15) is 5.26 Å². The first-order valence-corrected chi connectivity index (χ1v) is 13.2. The van der Waals surface area contributed by atoms with E-state index in [2.05, 4.69) is 44.3 Å². The average molecular weight is 537 g/mol. The van der Waals surface area contributed by atoms with Crippen LogP contribution in [0, 0.1) is 16.7 Å². The number of aromatic nitrogens is 5. The summed E-state index contributed by atoms with van der Waals surface area (Å²) in [5.41, 5.74) is 5.05. The maximum atomic E-state index is 9.61. The fraction of sp³-hybridized carbons (Fsp3) is 0.310. The molecule has 1 saturated heterocycles. The van der Waals surface area contributed by atoms with Crippen LogP contribution in [0.25, 0.3) is 11.1 Å². The third-order valence-electron chi connectivity index (χ3n) is 7.22. The molecule has 2 aliphatic heterocycles. The summed E-state index contributed by atoms with van der Waals surface area (Å²) in [5, 5.41) is 24.8. The van der Waals surface area contributed by atoms with E-state index in [1.54, 1.807) is 30.4 Å². The minimum atomic E-state index is 0.215. The monoisotopic (exact) mass is 536 g/mol. The number of aryl methyl sites for hydroxylation is 1. The second kappa shape index (κ2) is 11.9. The summed E-state index contributed by atoms with van der Waals surface area (Å²) in [5.74, 6) is 1.44. The van der Waals surface area contributed by atoms with E-state index in [1.165, 1.54) is 0 Å². The first-order valence-electron chi connectivity index (χ1n) is 13.2. The quantitative estimate of drug-likeness (QED) is 0.329. The molecule has 1 unspecified atom stereocenters. The number of anilines is 1. The van der Waals surface area contributed by atoms with Crippen molar-refractivity contribution in [2.24, 2.45) is 7.05 Å². The van der Waals surface area contributed by atoms with Gasteiger partial charge in [-0.25, -0.2) is 9.97 Å². The van der Waals surface area contributed by atoms with Gasteiger partial charge in [-0.3, -0.25) is 14.6 Å². The first-order chi connectivity index (χ1) is 19.5. The molecule has 40 heavy (non-hydrogen) atoms. The highest BCUT2D eigenvalue weighted by Gasteiger charge is 2.27. The third kappa shape index (κ3) is 5.62. The van der Waals surface area contributed by atoms with Crippen LogP contribution in [0.3, 0.4) is 0 Å². The Morgan fingerprint density at radius 3 is 2.70 bits per heavy atom. The molecule has 11 nitrogen and oxygen atoms in total. The number of allylic oxidation sites excluding steroid dienone is 4. The Morgan fingerprint density at radius 2 is 2.08 bits per heavy atom. The number of ether oxygens (including phenoxy) is 1. The number of dihydropyridines is 1. The fourth-order valence-electron chi connectivity index (χ4n) is 5.00. The molecule has 1 atom stereocenters.